The van der Waals surface area contributed by atoms with Crippen molar-refractivity contribution in [1.29, 1.82) is 0 Å². The lowest BCUT2D eigenvalue weighted by molar-refractivity contribution is -0.132. The van der Waals surface area contributed by atoms with Crippen LogP contribution in [0.1, 0.15) is 22.0 Å². The number of carboxylic acid groups (broad SMARTS) is 1. The van der Waals surface area contributed by atoms with Gasteiger partial charge < -0.3 is 51.5 Å². The first-order chi connectivity index (χ1) is 16.4. The van der Waals surface area contributed by atoms with Crippen LogP contribution < -0.4 is 10.6 Å². The largest absolute Gasteiger partial charge is 0.506 e. The number of anilines is 1. The lowest BCUT2D eigenvalue weighted by Crippen LogP contribution is -2.48. The van der Waals surface area contributed by atoms with Gasteiger partial charge in [-0.1, -0.05) is 35.9 Å². The minimum Gasteiger partial charge on any atom is -0.506 e. The third-order valence-electron chi connectivity index (χ3n) is 5.07. The number of halogens is 1. The summed E-state index contributed by atoms with van der Waals surface area (Å²) in [6.07, 6.45) is -1.65. The average molecular weight is 507 g/mol. The summed E-state index contributed by atoms with van der Waals surface area (Å²) in [5, 5.41) is 83.5. The lowest BCUT2D eigenvalue weighted by atomic mass is 10.0. The second-order valence-corrected chi connectivity index (χ2v) is 8.06. The van der Waals surface area contributed by atoms with Crippen LogP contribution in [-0.4, -0.2) is 65.8 Å². The minimum absolute atomic E-state index is 0.0996. The van der Waals surface area contributed by atoms with Crippen LogP contribution in [0.15, 0.2) is 48.5 Å². The maximum absolute atomic E-state index is 11.2. The molecule has 0 aliphatic carbocycles. The van der Waals surface area contributed by atoms with Crippen LogP contribution in [0, 0.1) is 0 Å². The van der Waals surface area contributed by atoms with Crippen molar-refractivity contribution in [3.05, 3.63) is 64.7 Å². The number of hydrogen-bond donors (Lipinski definition) is 10. The number of aliphatic hydroxyl groups excluding tert-OH is 1. The zero-order chi connectivity index (χ0) is 25.9. The first kappa shape index (κ1) is 25.9. The highest BCUT2D eigenvalue weighted by Crippen LogP contribution is 2.51. The van der Waals surface area contributed by atoms with Crippen LogP contribution in [0.25, 0.3) is 11.1 Å². The normalized spacial score (nSPS) is 12.3. The summed E-state index contributed by atoms with van der Waals surface area (Å²) in [6.45, 7) is -0.962. The SMILES string of the molecule is O=C(O)c1cccc(-c2cccc(NC(O)(O)CNCC(O)c3c(O)c(O)c(O)c(Cl)c3O)c2)c1. The maximum atomic E-state index is 11.2. The van der Waals surface area contributed by atoms with Gasteiger partial charge in [-0.3, -0.25) is 0 Å². The Morgan fingerprint density at radius 1 is 0.914 bits per heavy atom. The van der Waals surface area contributed by atoms with Crippen LogP contribution in [0.3, 0.4) is 0 Å². The molecule has 0 amide bonds. The van der Waals surface area contributed by atoms with Crippen LogP contribution in [-0.2, 0) is 0 Å². The highest BCUT2D eigenvalue weighted by atomic mass is 35.5. The number of aromatic carboxylic acids is 1. The number of phenols is 4. The second-order valence-electron chi connectivity index (χ2n) is 7.68. The Balaban J connectivity index is 1.67. The van der Waals surface area contributed by atoms with E-state index in [-0.39, 0.29) is 5.56 Å². The van der Waals surface area contributed by atoms with Crippen molar-refractivity contribution < 1.29 is 45.6 Å². The van der Waals surface area contributed by atoms with Crippen LogP contribution in [0.2, 0.25) is 5.02 Å². The van der Waals surface area contributed by atoms with Gasteiger partial charge in [0.25, 0.3) is 5.91 Å². The Bertz CT molecular complexity index is 1220. The van der Waals surface area contributed by atoms with Crippen molar-refractivity contribution in [2.24, 2.45) is 0 Å². The predicted octanol–water partition coefficient (Wildman–Crippen LogP) is 1.90. The lowest BCUT2D eigenvalue weighted by Gasteiger charge is -2.26. The van der Waals surface area contributed by atoms with Gasteiger partial charge in [-0.05, 0) is 35.4 Å². The molecule has 12 heteroatoms. The Hall–Kier alpha value is -3.74. The average Bonchev–Trinajstić information content (AvgIpc) is 2.81. The third kappa shape index (κ3) is 5.85. The van der Waals surface area contributed by atoms with Crippen molar-refractivity contribution in [1.82, 2.24) is 5.32 Å². The van der Waals surface area contributed by atoms with E-state index in [2.05, 4.69) is 10.6 Å². The summed E-state index contributed by atoms with van der Waals surface area (Å²) in [7, 11) is 0. The Morgan fingerprint density at radius 3 is 2.20 bits per heavy atom. The summed E-state index contributed by atoms with van der Waals surface area (Å²) < 4.78 is 0. The van der Waals surface area contributed by atoms with Crippen LogP contribution >= 0.6 is 11.6 Å². The van der Waals surface area contributed by atoms with E-state index in [0.29, 0.717) is 16.8 Å². The van der Waals surface area contributed by atoms with E-state index in [9.17, 15) is 40.5 Å². The van der Waals surface area contributed by atoms with Gasteiger partial charge in [0, 0.05) is 12.2 Å². The monoisotopic (exact) mass is 506 g/mol. The molecule has 0 heterocycles. The van der Waals surface area contributed by atoms with E-state index >= 15 is 0 Å². The number of carbonyl (C=O) groups is 1. The quantitative estimate of drug-likeness (QED) is 0.115. The van der Waals surface area contributed by atoms with Gasteiger partial charge in [0.15, 0.2) is 11.5 Å². The molecule has 0 fully saturated rings. The van der Waals surface area contributed by atoms with E-state index in [4.69, 9.17) is 16.7 Å². The van der Waals surface area contributed by atoms with Crippen molar-refractivity contribution in [3.8, 4) is 34.1 Å². The van der Waals surface area contributed by atoms with E-state index in [1.807, 2.05) is 0 Å². The molecule has 0 radical (unpaired) electrons. The molecule has 1 unspecified atom stereocenters. The molecule has 186 valence electrons. The highest BCUT2D eigenvalue weighted by molar-refractivity contribution is 6.34. The topological polar surface area (TPSA) is 203 Å². The van der Waals surface area contributed by atoms with E-state index in [1.165, 1.54) is 12.1 Å². The van der Waals surface area contributed by atoms with Crippen molar-refractivity contribution in [2.75, 3.05) is 18.4 Å². The zero-order valence-electron chi connectivity index (χ0n) is 18.0. The standard InChI is InChI=1S/C23H23ClN2O9/c24-17-18(28)16(19(29)21(31)20(17)30)15(27)9-25-10-23(34,35)26-14-6-2-4-12(8-14)11-3-1-5-13(7-11)22(32)33/h1-8,15,25-31,34-35H,9-10H2,(H,32,33). The number of hydrogen-bond acceptors (Lipinski definition) is 10. The number of benzene rings is 3. The Morgan fingerprint density at radius 2 is 1.54 bits per heavy atom. The summed E-state index contributed by atoms with van der Waals surface area (Å²) >= 11 is 5.66. The number of phenolic OH excluding ortho intramolecular Hbond substituents is 4. The molecule has 1 atom stereocenters. The second kappa shape index (κ2) is 10.3. The summed E-state index contributed by atoms with van der Waals surface area (Å²) in [5.41, 5.74) is 1.05. The number of carboxylic acids is 1. The van der Waals surface area contributed by atoms with Gasteiger partial charge in [-0.15, -0.1) is 0 Å². The van der Waals surface area contributed by atoms with Gasteiger partial charge in [-0.2, -0.15) is 0 Å². The van der Waals surface area contributed by atoms with Crippen molar-refractivity contribution in [3.63, 3.8) is 0 Å². The van der Waals surface area contributed by atoms with E-state index in [0.717, 1.165) is 0 Å². The molecule has 10 N–H and O–H groups in total. The first-order valence-electron chi connectivity index (χ1n) is 10.1. The van der Waals surface area contributed by atoms with Crippen molar-refractivity contribution >= 4 is 23.3 Å². The molecular formula is C23H23ClN2O9. The van der Waals surface area contributed by atoms with Gasteiger partial charge in [-0.25, -0.2) is 4.79 Å². The summed E-state index contributed by atoms with van der Waals surface area (Å²) in [4.78, 5) is 11.2. The molecule has 0 spiro atoms. The summed E-state index contributed by atoms with van der Waals surface area (Å²) in [6, 6.07) is 12.7. The molecule has 3 aromatic rings. The van der Waals surface area contributed by atoms with E-state index in [1.54, 1.807) is 36.4 Å². The zero-order valence-corrected chi connectivity index (χ0v) is 18.7. The number of aliphatic hydroxyl groups is 3. The number of rotatable bonds is 9. The molecule has 35 heavy (non-hydrogen) atoms. The Labute approximate surface area is 203 Å². The molecule has 11 nitrogen and oxygen atoms in total. The smallest absolute Gasteiger partial charge is 0.335 e. The molecule has 3 rings (SSSR count). The van der Waals surface area contributed by atoms with Gasteiger partial charge in [0.05, 0.1) is 23.8 Å². The van der Waals surface area contributed by atoms with Crippen LogP contribution in [0.5, 0.6) is 23.0 Å². The molecule has 0 bridgehead atoms. The Kier molecular flexibility index (Phi) is 7.58. The fourth-order valence-corrected chi connectivity index (χ4v) is 3.56. The first-order valence-corrected chi connectivity index (χ1v) is 10.5. The maximum Gasteiger partial charge on any atom is 0.335 e. The third-order valence-corrected chi connectivity index (χ3v) is 5.43. The number of nitrogens with one attached hydrogen (secondary N) is 2. The molecule has 0 aliphatic heterocycles. The molecule has 0 aliphatic rings. The predicted molar refractivity (Wildman–Crippen MR) is 126 cm³/mol. The van der Waals surface area contributed by atoms with Gasteiger partial charge >= 0.3 is 5.97 Å². The fourth-order valence-electron chi connectivity index (χ4n) is 3.37. The van der Waals surface area contributed by atoms with Gasteiger partial charge in [0.2, 0.25) is 5.75 Å². The van der Waals surface area contributed by atoms with E-state index < -0.39 is 64.7 Å². The van der Waals surface area contributed by atoms with Crippen molar-refractivity contribution in [2.45, 2.75) is 12.0 Å². The molecule has 0 saturated carbocycles. The summed E-state index contributed by atoms with van der Waals surface area (Å²) in [5.74, 6) is -7.42. The molecule has 0 aromatic heterocycles. The molecule has 3 aromatic carbocycles. The van der Waals surface area contributed by atoms with Gasteiger partial charge in [0.1, 0.15) is 10.8 Å². The molecular weight excluding hydrogens is 484 g/mol. The fraction of sp³-hybridized carbons (Fsp3) is 0.174. The number of aromatic hydroxyl groups is 4. The van der Waals surface area contributed by atoms with Crippen LogP contribution in [0.4, 0.5) is 5.69 Å². The molecule has 0 saturated heterocycles. The minimum atomic E-state index is -2.51. The highest BCUT2D eigenvalue weighted by Gasteiger charge is 2.28.